The van der Waals surface area contributed by atoms with Crippen LogP contribution in [0, 0.1) is 11.3 Å². The number of carbonyl (C=O) groups excluding carboxylic acids is 2. The average molecular weight is 440 g/mol. The number of hydrogen-bond donors (Lipinski definition) is 2. The summed E-state index contributed by atoms with van der Waals surface area (Å²) in [5.41, 5.74) is 1.03. The van der Waals surface area contributed by atoms with E-state index in [-0.39, 0.29) is 16.4 Å². The molecule has 0 atom stereocenters. The van der Waals surface area contributed by atoms with Gasteiger partial charge in [0.15, 0.2) is 5.11 Å². The second kappa shape index (κ2) is 11.6. The number of hydrogen-bond acceptors (Lipinski definition) is 6. The van der Waals surface area contributed by atoms with Crippen molar-refractivity contribution in [2.45, 2.75) is 26.2 Å². The van der Waals surface area contributed by atoms with Crippen molar-refractivity contribution in [1.29, 1.82) is 5.26 Å². The van der Waals surface area contributed by atoms with Gasteiger partial charge in [0, 0.05) is 26.0 Å². The summed E-state index contributed by atoms with van der Waals surface area (Å²) < 4.78 is 5.67. The predicted molar refractivity (Wildman–Crippen MR) is 122 cm³/mol. The third-order valence-corrected chi connectivity index (χ3v) is 4.46. The number of benzene rings is 1. The van der Waals surface area contributed by atoms with Gasteiger partial charge in [-0.15, -0.1) is 0 Å². The molecule has 1 heterocycles. The molecular formula is C22H25N5O3S. The van der Waals surface area contributed by atoms with Crippen molar-refractivity contribution in [3.05, 3.63) is 53.3 Å². The van der Waals surface area contributed by atoms with Crippen LogP contribution in [-0.2, 0) is 0 Å². The maximum Gasteiger partial charge on any atom is 0.272 e. The third-order valence-electron chi connectivity index (χ3n) is 4.25. The van der Waals surface area contributed by atoms with E-state index in [1.807, 2.05) is 0 Å². The number of rotatable bonds is 8. The molecule has 1 aromatic heterocycles. The molecule has 0 aliphatic heterocycles. The van der Waals surface area contributed by atoms with Crippen LogP contribution in [0.2, 0.25) is 0 Å². The Morgan fingerprint density at radius 1 is 1.26 bits per heavy atom. The van der Waals surface area contributed by atoms with E-state index in [1.165, 1.54) is 17.2 Å². The lowest BCUT2D eigenvalue weighted by molar-refractivity contribution is 0.0813. The van der Waals surface area contributed by atoms with E-state index in [0.717, 1.165) is 19.3 Å². The zero-order valence-electron chi connectivity index (χ0n) is 17.8. The van der Waals surface area contributed by atoms with Crippen molar-refractivity contribution in [1.82, 2.24) is 15.2 Å². The molecule has 31 heavy (non-hydrogen) atoms. The Kier molecular flexibility index (Phi) is 8.91. The van der Waals surface area contributed by atoms with Crippen LogP contribution in [0.15, 0.2) is 36.5 Å². The highest BCUT2D eigenvalue weighted by Crippen LogP contribution is 2.22. The van der Waals surface area contributed by atoms with Crippen molar-refractivity contribution < 1.29 is 14.3 Å². The molecule has 8 nitrogen and oxygen atoms in total. The zero-order valence-corrected chi connectivity index (χ0v) is 18.6. The van der Waals surface area contributed by atoms with Crippen molar-refractivity contribution in [3.63, 3.8) is 0 Å². The highest BCUT2D eigenvalue weighted by molar-refractivity contribution is 7.80. The van der Waals surface area contributed by atoms with E-state index in [2.05, 4.69) is 28.6 Å². The van der Waals surface area contributed by atoms with Gasteiger partial charge in [-0.3, -0.25) is 19.9 Å². The number of anilines is 1. The number of pyridine rings is 1. The lowest BCUT2D eigenvalue weighted by atomic mass is 10.1. The third kappa shape index (κ3) is 6.76. The topological polar surface area (TPSA) is 107 Å². The first-order valence-corrected chi connectivity index (χ1v) is 10.2. The van der Waals surface area contributed by atoms with Crippen molar-refractivity contribution in [2.75, 3.05) is 26.0 Å². The first kappa shape index (κ1) is 23.8. The molecule has 0 unspecified atom stereocenters. The summed E-state index contributed by atoms with van der Waals surface area (Å²) in [6, 6.07) is 10.2. The number of amides is 2. The number of ether oxygens (including phenoxy) is 1. The number of nitrogens with one attached hydrogen (secondary N) is 2. The number of carbonyl (C=O) groups is 2. The van der Waals surface area contributed by atoms with Gasteiger partial charge in [-0.1, -0.05) is 19.8 Å². The maximum atomic E-state index is 12.6. The molecule has 1 aromatic carbocycles. The van der Waals surface area contributed by atoms with Crippen molar-refractivity contribution >= 4 is 34.8 Å². The average Bonchev–Trinajstić information content (AvgIpc) is 2.76. The van der Waals surface area contributed by atoms with Gasteiger partial charge in [0.1, 0.15) is 17.5 Å². The summed E-state index contributed by atoms with van der Waals surface area (Å²) in [7, 11) is 3.16. The molecule has 2 rings (SSSR count). The number of nitriles is 1. The van der Waals surface area contributed by atoms with Crippen LogP contribution >= 0.6 is 12.2 Å². The molecule has 0 aliphatic carbocycles. The Bertz CT molecular complexity index is 1000. The first-order chi connectivity index (χ1) is 14.9. The molecule has 0 fully saturated rings. The molecule has 0 aliphatic rings. The van der Waals surface area contributed by atoms with Gasteiger partial charge in [-0.25, -0.2) is 0 Å². The Balaban J connectivity index is 2.05. The lowest BCUT2D eigenvalue weighted by Crippen LogP contribution is -2.36. The van der Waals surface area contributed by atoms with Gasteiger partial charge >= 0.3 is 0 Å². The second-order valence-electron chi connectivity index (χ2n) is 6.89. The van der Waals surface area contributed by atoms with Gasteiger partial charge in [0.2, 0.25) is 0 Å². The number of aromatic nitrogens is 1. The lowest BCUT2D eigenvalue weighted by Gasteiger charge is -2.14. The standard InChI is InChI=1S/C22H25N5O3S/c1-4-5-6-12-30-18-10-9-16(13-15(18)14-23)25-22(31)26-20(28)17-8-7-11-24-19(17)21(29)27(2)3/h7-11,13H,4-6,12H2,1-3H3,(H2,25,26,28,31). The van der Waals surface area contributed by atoms with Crippen LogP contribution in [0.3, 0.4) is 0 Å². The highest BCUT2D eigenvalue weighted by atomic mass is 32.1. The monoisotopic (exact) mass is 439 g/mol. The minimum atomic E-state index is -0.563. The molecule has 0 radical (unpaired) electrons. The second-order valence-corrected chi connectivity index (χ2v) is 7.29. The van der Waals surface area contributed by atoms with Gasteiger partial charge in [-0.05, 0) is 49.0 Å². The first-order valence-electron chi connectivity index (χ1n) is 9.83. The van der Waals surface area contributed by atoms with Crippen LogP contribution in [0.4, 0.5) is 5.69 Å². The maximum absolute atomic E-state index is 12.6. The number of unbranched alkanes of at least 4 members (excludes halogenated alkanes) is 2. The normalized spacial score (nSPS) is 10.0. The van der Waals surface area contributed by atoms with E-state index >= 15 is 0 Å². The Labute approximate surface area is 187 Å². The summed E-state index contributed by atoms with van der Waals surface area (Å²) in [4.78, 5) is 30.2. The fourth-order valence-electron chi connectivity index (χ4n) is 2.66. The fraction of sp³-hybridized carbons (Fsp3) is 0.318. The Hall–Kier alpha value is -3.51. The molecule has 0 saturated heterocycles. The largest absolute Gasteiger partial charge is 0.492 e. The SMILES string of the molecule is CCCCCOc1ccc(NC(=S)NC(=O)c2cccnc2C(=O)N(C)C)cc1C#N. The smallest absolute Gasteiger partial charge is 0.272 e. The van der Waals surface area contributed by atoms with E-state index < -0.39 is 11.8 Å². The fourth-order valence-corrected chi connectivity index (χ4v) is 2.87. The molecular weight excluding hydrogens is 414 g/mol. The number of nitrogens with zero attached hydrogens (tertiary/aromatic N) is 3. The Morgan fingerprint density at radius 3 is 2.71 bits per heavy atom. The summed E-state index contributed by atoms with van der Waals surface area (Å²) in [6.45, 7) is 2.65. The predicted octanol–water partition coefficient (Wildman–Crippen LogP) is 3.35. The van der Waals surface area contributed by atoms with Crippen LogP contribution in [-0.4, -0.2) is 47.5 Å². The molecule has 0 bridgehead atoms. The van der Waals surface area contributed by atoms with Crippen molar-refractivity contribution in [2.24, 2.45) is 0 Å². The molecule has 9 heteroatoms. The highest BCUT2D eigenvalue weighted by Gasteiger charge is 2.20. The van der Waals surface area contributed by atoms with Crippen molar-refractivity contribution in [3.8, 4) is 11.8 Å². The van der Waals surface area contributed by atoms with Crippen LogP contribution in [0.5, 0.6) is 5.75 Å². The van der Waals surface area contributed by atoms with Crippen LogP contribution in [0.25, 0.3) is 0 Å². The molecule has 2 N–H and O–H groups in total. The van der Waals surface area contributed by atoms with Crippen LogP contribution < -0.4 is 15.4 Å². The van der Waals surface area contributed by atoms with E-state index in [9.17, 15) is 14.9 Å². The van der Waals surface area contributed by atoms with Gasteiger partial charge < -0.3 is 15.0 Å². The zero-order chi connectivity index (χ0) is 22.8. The summed E-state index contributed by atoms with van der Waals surface area (Å²) in [5, 5.41) is 14.8. The Morgan fingerprint density at radius 2 is 2.03 bits per heavy atom. The molecule has 2 amide bonds. The van der Waals surface area contributed by atoms with Gasteiger partial charge in [0.05, 0.1) is 17.7 Å². The molecule has 2 aromatic rings. The minimum Gasteiger partial charge on any atom is -0.492 e. The van der Waals surface area contributed by atoms with E-state index in [4.69, 9.17) is 17.0 Å². The summed E-state index contributed by atoms with van der Waals surface area (Å²) in [6.07, 6.45) is 4.52. The van der Waals surface area contributed by atoms with E-state index in [0.29, 0.717) is 23.6 Å². The molecule has 0 spiro atoms. The molecule has 0 saturated carbocycles. The number of thiocarbonyl (C=S) groups is 1. The summed E-state index contributed by atoms with van der Waals surface area (Å²) >= 11 is 5.21. The van der Waals surface area contributed by atoms with E-state index in [1.54, 1.807) is 38.4 Å². The van der Waals surface area contributed by atoms with Gasteiger partial charge in [0.25, 0.3) is 11.8 Å². The summed E-state index contributed by atoms with van der Waals surface area (Å²) in [5.74, 6) is -0.452. The van der Waals surface area contributed by atoms with Crippen LogP contribution in [0.1, 0.15) is 52.6 Å². The molecule has 162 valence electrons. The quantitative estimate of drug-likeness (QED) is 0.480. The van der Waals surface area contributed by atoms with Gasteiger partial charge in [-0.2, -0.15) is 5.26 Å². The minimum absolute atomic E-state index is 0.0256.